The van der Waals surface area contributed by atoms with E-state index in [9.17, 15) is 14.0 Å². The zero-order valence-electron chi connectivity index (χ0n) is 16.9. The summed E-state index contributed by atoms with van der Waals surface area (Å²) in [4.78, 5) is 24.5. The van der Waals surface area contributed by atoms with Gasteiger partial charge in [0.15, 0.2) is 0 Å². The van der Waals surface area contributed by atoms with Crippen molar-refractivity contribution in [1.29, 1.82) is 0 Å². The second-order valence-corrected chi connectivity index (χ2v) is 6.68. The lowest BCUT2D eigenvalue weighted by atomic mass is 10.1. The summed E-state index contributed by atoms with van der Waals surface area (Å²) >= 11 is 0. The van der Waals surface area contributed by atoms with Gasteiger partial charge in [0.2, 0.25) is 11.8 Å². The van der Waals surface area contributed by atoms with Crippen molar-refractivity contribution in [2.75, 3.05) is 25.6 Å². The summed E-state index contributed by atoms with van der Waals surface area (Å²) in [6.45, 7) is 4.28. The Kier molecular flexibility index (Phi) is 8.76. The van der Waals surface area contributed by atoms with E-state index in [4.69, 9.17) is 9.47 Å². The van der Waals surface area contributed by atoms with E-state index in [2.05, 4.69) is 10.6 Å². The number of carbonyl (C=O) groups is 2. The first-order valence-corrected chi connectivity index (χ1v) is 9.45. The van der Waals surface area contributed by atoms with Crippen LogP contribution in [0.5, 0.6) is 0 Å². The van der Waals surface area contributed by atoms with Crippen molar-refractivity contribution in [3.63, 3.8) is 0 Å². The fourth-order valence-corrected chi connectivity index (χ4v) is 2.70. The van der Waals surface area contributed by atoms with Crippen LogP contribution in [0.4, 0.5) is 10.1 Å². The number of ether oxygens (including phenoxy) is 2. The van der Waals surface area contributed by atoms with Gasteiger partial charge in [0, 0.05) is 12.8 Å². The highest BCUT2D eigenvalue weighted by atomic mass is 19.1. The zero-order valence-corrected chi connectivity index (χ0v) is 16.9. The normalized spacial score (nSPS) is 12.8. The van der Waals surface area contributed by atoms with E-state index >= 15 is 0 Å². The topological polar surface area (TPSA) is 76.7 Å². The largest absolute Gasteiger partial charge is 0.382 e. The van der Waals surface area contributed by atoms with Crippen molar-refractivity contribution >= 4 is 17.5 Å². The van der Waals surface area contributed by atoms with Crippen LogP contribution in [0, 0.1) is 5.82 Å². The van der Waals surface area contributed by atoms with Gasteiger partial charge in [-0.1, -0.05) is 30.3 Å². The summed E-state index contributed by atoms with van der Waals surface area (Å²) in [5.74, 6) is -0.957. The molecule has 0 bridgehead atoms. The second-order valence-electron chi connectivity index (χ2n) is 6.68. The number of anilines is 1. The lowest BCUT2D eigenvalue weighted by Crippen LogP contribution is -2.36. The number of rotatable bonds is 10. The molecule has 2 aromatic carbocycles. The maximum absolute atomic E-state index is 13.7. The number of amides is 2. The van der Waals surface area contributed by atoms with Gasteiger partial charge in [0.05, 0.1) is 25.7 Å². The van der Waals surface area contributed by atoms with Gasteiger partial charge in [-0.25, -0.2) is 4.39 Å². The van der Waals surface area contributed by atoms with Gasteiger partial charge in [0.1, 0.15) is 11.9 Å². The van der Waals surface area contributed by atoms with Gasteiger partial charge in [0.25, 0.3) is 0 Å². The highest BCUT2D eigenvalue weighted by Gasteiger charge is 2.17. The summed E-state index contributed by atoms with van der Waals surface area (Å²) in [6, 6.07) is 13.1. The van der Waals surface area contributed by atoms with E-state index in [1.807, 2.05) is 13.0 Å². The molecule has 0 radical (unpaired) electrons. The minimum Gasteiger partial charge on any atom is -0.382 e. The van der Waals surface area contributed by atoms with E-state index in [-0.39, 0.29) is 24.3 Å². The Bertz CT molecular complexity index is 828. The first-order chi connectivity index (χ1) is 13.9. The van der Waals surface area contributed by atoms with Gasteiger partial charge < -0.3 is 20.1 Å². The van der Waals surface area contributed by atoms with Crippen molar-refractivity contribution in [2.24, 2.45) is 0 Å². The molecule has 0 saturated heterocycles. The average Bonchev–Trinajstić information content (AvgIpc) is 2.70. The maximum Gasteiger partial charge on any atom is 0.249 e. The summed E-state index contributed by atoms with van der Waals surface area (Å²) < 4.78 is 24.0. The van der Waals surface area contributed by atoms with E-state index < -0.39 is 11.9 Å². The highest BCUT2D eigenvalue weighted by molar-refractivity contribution is 5.92. The van der Waals surface area contributed by atoms with Gasteiger partial charge in [-0.2, -0.15) is 0 Å². The Hall–Kier alpha value is -2.77. The van der Waals surface area contributed by atoms with Gasteiger partial charge in [-0.05, 0) is 43.2 Å². The molecular formula is C22H27FN2O4. The zero-order chi connectivity index (χ0) is 21.2. The number of halogens is 1. The predicted molar refractivity (Wildman–Crippen MR) is 109 cm³/mol. The molecule has 0 heterocycles. The number of nitrogens with one attached hydrogen (secondary N) is 2. The molecule has 0 aliphatic carbocycles. The monoisotopic (exact) mass is 402 g/mol. The third kappa shape index (κ3) is 7.29. The number of hydrogen-bond acceptors (Lipinski definition) is 4. The molecule has 2 rings (SSSR count). The number of hydrogen-bond donors (Lipinski definition) is 2. The Labute approximate surface area is 170 Å². The van der Waals surface area contributed by atoms with Crippen LogP contribution >= 0.6 is 0 Å². The first kappa shape index (κ1) is 22.5. The molecule has 7 heteroatoms. The van der Waals surface area contributed by atoms with Gasteiger partial charge in [-0.3, -0.25) is 9.59 Å². The summed E-state index contributed by atoms with van der Waals surface area (Å²) in [5.41, 5.74) is 1.74. The van der Waals surface area contributed by atoms with E-state index in [0.29, 0.717) is 24.5 Å². The smallest absolute Gasteiger partial charge is 0.249 e. The summed E-state index contributed by atoms with van der Waals surface area (Å²) in [5, 5.41) is 5.65. The lowest BCUT2D eigenvalue weighted by molar-refractivity contribution is -0.133. The number of methoxy groups -OCH3 is 1. The molecule has 0 fully saturated rings. The summed E-state index contributed by atoms with van der Waals surface area (Å²) in [6.07, 6.45) is -0.657. The molecule has 156 valence electrons. The fourth-order valence-electron chi connectivity index (χ4n) is 2.70. The predicted octanol–water partition coefficient (Wildman–Crippen LogP) is 3.24. The molecule has 0 saturated carbocycles. The fraction of sp³-hybridized carbons (Fsp3) is 0.364. The van der Waals surface area contributed by atoms with E-state index in [0.717, 1.165) is 5.56 Å². The first-order valence-electron chi connectivity index (χ1n) is 9.45. The third-order valence-electron chi connectivity index (χ3n) is 4.36. The minimum absolute atomic E-state index is 0.0560. The van der Waals surface area contributed by atoms with Crippen LogP contribution in [-0.2, 0) is 25.5 Å². The molecule has 0 aliphatic heterocycles. The Balaban J connectivity index is 1.93. The maximum atomic E-state index is 13.7. The Morgan fingerprint density at radius 3 is 2.55 bits per heavy atom. The standard InChI is InChI=1S/C22H27FN2O4/c1-15(24-22(27)16(2)29-12-11-28-3)17-8-6-9-19(13-17)25-21(26)14-18-7-4-5-10-20(18)23/h4-10,13,15-16H,11-12,14H2,1-3H3,(H,24,27)(H,25,26). The minimum atomic E-state index is -0.601. The SMILES string of the molecule is COCCOC(C)C(=O)NC(C)c1cccc(NC(=O)Cc2ccccc2F)c1. The van der Waals surface area contributed by atoms with Crippen molar-refractivity contribution in [1.82, 2.24) is 5.32 Å². The van der Waals surface area contributed by atoms with Gasteiger partial charge in [-0.15, -0.1) is 0 Å². The molecule has 0 aliphatic rings. The molecule has 2 aromatic rings. The van der Waals surface area contributed by atoms with Crippen molar-refractivity contribution in [2.45, 2.75) is 32.4 Å². The Morgan fingerprint density at radius 1 is 1.07 bits per heavy atom. The molecule has 2 atom stereocenters. The van der Waals surface area contributed by atoms with Crippen LogP contribution < -0.4 is 10.6 Å². The van der Waals surface area contributed by atoms with Crippen molar-refractivity contribution in [3.05, 3.63) is 65.5 Å². The molecule has 29 heavy (non-hydrogen) atoms. The molecule has 2 amide bonds. The van der Waals surface area contributed by atoms with Crippen molar-refractivity contribution in [3.8, 4) is 0 Å². The molecule has 6 nitrogen and oxygen atoms in total. The van der Waals surface area contributed by atoms with Crippen LogP contribution in [0.3, 0.4) is 0 Å². The van der Waals surface area contributed by atoms with Crippen LogP contribution in [0.15, 0.2) is 48.5 Å². The molecule has 2 N–H and O–H groups in total. The number of carbonyl (C=O) groups excluding carboxylic acids is 2. The molecule has 0 aromatic heterocycles. The van der Waals surface area contributed by atoms with Crippen LogP contribution in [0.1, 0.15) is 31.0 Å². The molecular weight excluding hydrogens is 375 g/mol. The second kappa shape index (κ2) is 11.3. The molecule has 0 spiro atoms. The third-order valence-corrected chi connectivity index (χ3v) is 4.36. The summed E-state index contributed by atoms with van der Waals surface area (Å²) in [7, 11) is 1.57. The average molecular weight is 402 g/mol. The van der Waals surface area contributed by atoms with Crippen molar-refractivity contribution < 1.29 is 23.5 Å². The van der Waals surface area contributed by atoms with Crippen LogP contribution in [-0.4, -0.2) is 38.2 Å². The quantitative estimate of drug-likeness (QED) is 0.598. The highest BCUT2D eigenvalue weighted by Crippen LogP contribution is 2.18. The van der Waals surface area contributed by atoms with Crippen LogP contribution in [0.25, 0.3) is 0 Å². The number of benzene rings is 2. The molecule has 2 unspecified atom stereocenters. The van der Waals surface area contributed by atoms with E-state index in [1.54, 1.807) is 50.4 Å². The van der Waals surface area contributed by atoms with Gasteiger partial charge >= 0.3 is 0 Å². The van der Waals surface area contributed by atoms with Crippen LogP contribution in [0.2, 0.25) is 0 Å². The lowest BCUT2D eigenvalue weighted by Gasteiger charge is -2.19. The Morgan fingerprint density at radius 2 is 1.83 bits per heavy atom. The van der Waals surface area contributed by atoms with E-state index in [1.165, 1.54) is 6.07 Å².